The Morgan fingerprint density at radius 2 is 2.00 bits per heavy atom. The van der Waals surface area contributed by atoms with Crippen LogP contribution in [0.25, 0.3) is 0 Å². The summed E-state index contributed by atoms with van der Waals surface area (Å²) >= 11 is 3.27. The molecule has 0 aliphatic rings. The third kappa shape index (κ3) is 3.29. The molecule has 0 saturated heterocycles. The molecule has 0 aliphatic carbocycles. The highest BCUT2D eigenvalue weighted by Gasteiger charge is 2.16. The number of aryl methyl sites for hydroxylation is 1. The third-order valence-electron chi connectivity index (χ3n) is 2.56. The minimum absolute atomic E-state index is 0.145. The van der Waals surface area contributed by atoms with Gasteiger partial charge in [0, 0.05) is 6.20 Å². The fraction of sp³-hybridized carbons (Fsp3) is 0.154. The van der Waals surface area contributed by atoms with E-state index in [9.17, 15) is 8.42 Å². The van der Waals surface area contributed by atoms with Crippen molar-refractivity contribution in [1.82, 2.24) is 4.98 Å². The summed E-state index contributed by atoms with van der Waals surface area (Å²) in [5.74, 6) is 0.571. The highest BCUT2D eigenvalue weighted by molar-refractivity contribution is 9.10. The number of hydrogen-bond donors (Lipinski definition) is 1. The van der Waals surface area contributed by atoms with Crippen LogP contribution < -0.4 is 9.46 Å². The van der Waals surface area contributed by atoms with Gasteiger partial charge in [0.25, 0.3) is 10.0 Å². The molecule has 0 spiro atoms. The summed E-state index contributed by atoms with van der Waals surface area (Å²) in [6, 6.07) is 6.27. The molecule has 20 heavy (non-hydrogen) atoms. The van der Waals surface area contributed by atoms with Gasteiger partial charge in [-0.1, -0.05) is 0 Å². The van der Waals surface area contributed by atoms with Gasteiger partial charge in [0.15, 0.2) is 0 Å². The van der Waals surface area contributed by atoms with E-state index in [4.69, 9.17) is 4.74 Å². The van der Waals surface area contributed by atoms with Crippen molar-refractivity contribution in [2.45, 2.75) is 11.8 Å². The van der Waals surface area contributed by atoms with Gasteiger partial charge in [-0.2, -0.15) is 0 Å². The number of benzene rings is 1. The Balaban J connectivity index is 2.33. The Bertz CT molecular complexity index is 732. The van der Waals surface area contributed by atoms with Crippen LogP contribution in [0.15, 0.2) is 46.0 Å². The molecule has 0 saturated carbocycles. The van der Waals surface area contributed by atoms with Crippen LogP contribution in [0.4, 0.5) is 5.69 Å². The van der Waals surface area contributed by atoms with Crippen LogP contribution in [0.5, 0.6) is 5.75 Å². The molecule has 5 nitrogen and oxygen atoms in total. The van der Waals surface area contributed by atoms with Gasteiger partial charge in [-0.3, -0.25) is 9.71 Å². The zero-order chi connectivity index (χ0) is 14.8. The van der Waals surface area contributed by atoms with Gasteiger partial charge < -0.3 is 4.74 Å². The summed E-state index contributed by atoms with van der Waals surface area (Å²) < 4.78 is 32.7. The highest BCUT2D eigenvalue weighted by atomic mass is 79.9. The molecule has 7 heteroatoms. The lowest BCUT2D eigenvalue weighted by Gasteiger charge is -2.10. The second-order valence-corrected chi connectivity index (χ2v) is 6.69. The monoisotopic (exact) mass is 356 g/mol. The first-order valence-corrected chi connectivity index (χ1v) is 7.98. The van der Waals surface area contributed by atoms with Crippen molar-refractivity contribution in [3.05, 3.63) is 46.7 Å². The largest absolute Gasteiger partial charge is 0.496 e. The Labute approximate surface area is 126 Å². The molecule has 0 radical (unpaired) electrons. The van der Waals surface area contributed by atoms with Crippen molar-refractivity contribution in [2.75, 3.05) is 11.8 Å². The average Bonchev–Trinajstić information content (AvgIpc) is 2.38. The summed E-state index contributed by atoms with van der Waals surface area (Å²) in [5, 5.41) is 0. The molecule has 0 amide bonds. The van der Waals surface area contributed by atoms with Gasteiger partial charge in [-0.15, -0.1) is 0 Å². The molecule has 2 rings (SSSR count). The number of nitrogens with zero attached hydrogens (tertiary/aromatic N) is 1. The Morgan fingerprint density at radius 1 is 1.25 bits per heavy atom. The van der Waals surface area contributed by atoms with Crippen LogP contribution in [0, 0.1) is 6.92 Å². The van der Waals surface area contributed by atoms with Crippen molar-refractivity contribution in [3.8, 4) is 5.75 Å². The van der Waals surface area contributed by atoms with E-state index in [0.717, 1.165) is 5.56 Å². The van der Waals surface area contributed by atoms with Gasteiger partial charge in [-0.25, -0.2) is 8.42 Å². The van der Waals surface area contributed by atoms with Gasteiger partial charge in [0.2, 0.25) is 0 Å². The fourth-order valence-corrected chi connectivity index (χ4v) is 3.39. The van der Waals surface area contributed by atoms with Gasteiger partial charge in [-0.05, 0) is 52.7 Å². The summed E-state index contributed by atoms with van der Waals surface area (Å²) in [5.41, 5.74) is 1.30. The third-order valence-corrected chi connectivity index (χ3v) is 4.56. The van der Waals surface area contributed by atoms with Crippen molar-refractivity contribution in [2.24, 2.45) is 0 Å². The first-order chi connectivity index (χ1) is 9.42. The molecule has 0 bridgehead atoms. The first kappa shape index (κ1) is 14.8. The minimum Gasteiger partial charge on any atom is -0.496 e. The van der Waals surface area contributed by atoms with Crippen molar-refractivity contribution >= 4 is 31.6 Å². The molecule has 106 valence electrons. The molecule has 1 aromatic heterocycles. The molecule has 2 aromatic rings. The maximum atomic E-state index is 12.3. The second kappa shape index (κ2) is 5.80. The van der Waals surface area contributed by atoms with Gasteiger partial charge >= 0.3 is 0 Å². The van der Waals surface area contributed by atoms with Crippen LogP contribution in [-0.4, -0.2) is 20.5 Å². The second-order valence-electron chi connectivity index (χ2n) is 4.15. The molecule has 0 atom stereocenters. The zero-order valence-corrected chi connectivity index (χ0v) is 13.3. The quantitative estimate of drug-likeness (QED) is 0.914. The maximum Gasteiger partial charge on any atom is 0.261 e. The summed E-state index contributed by atoms with van der Waals surface area (Å²) in [4.78, 5) is 4.10. The lowest BCUT2D eigenvalue weighted by atomic mass is 10.3. The minimum atomic E-state index is -3.65. The predicted molar refractivity (Wildman–Crippen MR) is 80.5 cm³/mol. The van der Waals surface area contributed by atoms with E-state index in [1.807, 2.05) is 6.92 Å². The molecule has 1 heterocycles. The number of halogens is 1. The van der Waals surface area contributed by atoms with Crippen LogP contribution in [0.2, 0.25) is 0 Å². The standard InChI is InChI=1S/C13H13BrN2O3S/c1-9-5-10(8-15-7-9)16-20(17,18)11-3-4-13(19-2)12(14)6-11/h3-8,16H,1-2H3. The number of methoxy groups -OCH3 is 1. The number of sulfonamides is 1. The number of nitrogens with one attached hydrogen (secondary N) is 1. The predicted octanol–water partition coefficient (Wildman–Crippen LogP) is 2.96. The van der Waals surface area contributed by atoms with E-state index in [0.29, 0.717) is 15.9 Å². The van der Waals surface area contributed by atoms with E-state index in [-0.39, 0.29) is 4.90 Å². The van der Waals surface area contributed by atoms with Crippen molar-refractivity contribution in [3.63, 3.8) is 0 Å². The average molecular weight is 357 g/mol. The van der Waals surface area contributed by atoms with Gasteiger partial charge in [0.05, 0.1) is 28.4 Å². The molecule has 0 unspecified atom stereocenters. The number of hydrogen-bond acceptors (Lipinski definition) is 4. The normalized spacial score (nSPS) is 11.2. The molecule has 0 fully saturated rings. The molecular weight excluding hydrogens is 344 g/mol. The number of rotatable bonds is 4. The fourth-order valence-electron chi connectivity index (χ4n) is 1.64. The molecule has 0 aliphatic heterocycles. The number of anilines is 1. The van der Waals surface area contributed by atoms with Crippen molar-refractivity contribution < 1.29 is 13.2 Å². The number of ether oxygens (including phenoxy) is 1. The van der Waals surface area contributed by atoms with Crippen LogP contribution >= 0.6 is 15.9 Å². The Kier molecular flexibility index (Phi) is 4.29. The van der Waals surface area contributed by atoms with E-state index in [2.05, 4.69) is 25.6 Å². The smallest absolute Gasteiger partial charge is 0.261 e. The van der Waals surface area contributed by atoms with E-state index >= 15 is 0 Å². The summed E-state index contributed by atoms with van der Waals surface area (Å²) in [6.07, 6.45) is 3.12. The lowest BCUT2D eigenvalue weighted by Crippen LogP contribution is -2.13. The molecule has 1 N–H and O–H groups in total. The summed E-state index contributed by atoms with van der Waals surface area (Å²) in [7, 11) is -2.13. The number of aromatic nitrogens is 1. The van der Waals surface area contributed by atoms with Crippen molar-refractivity contribution in [1.29, 1.82) is 0 Å². The number of pyridine rings is 1. The SMILES string of the molecule is COc1ccc(S(=O)(=O)Nc2cncc(C)c2)cc1Br. The topological polar surface area (TPSA) is 68.3 Å². The lowest BCUT2D eigenvalue weighted by molar-refractivity contribution is 0.411. The highest BCUT2D eigenvalue weighted by Crippen LogP contribution is 2.28. The van der Waals surface area contributed by atoms with E-state index in [1.54, 1.807) is 18.3 Å². The molecular formula is C13H13BrN2O3S. The van der Waals surface area contributed by atoms with Gasteiger partial charge in [0.1, 0.15) is 5.75 Å². The van der Waals surface area contributed by atoms with Crippen LogP contribution in [-0.2, 0) is 10.0 Å². The Morgan fingerprint density at radius 3 is 2.60 bits per heavy atom. The maximum absolute atomic E-state index is 12.3. The Hall–Kier alpha value is -1.60. The zero-order valence-electron chi connectivity index (χ0n) is 10.9. The van der Waals surface area contributed by atoms with Crippen LogP contribution in [0.3, 0.4) is 0 Å². The summed E-state index contributed by atoms with van der Waals surface area (Å²) in [6.45, 7) is 1.84. The first-order valence-electron chi connectivity index (χ1n) is 5.70. The van der Waals surface area contributed by atoms with E-state index < -0.39 is 10.0 Å². The van der Waals surface area contributed by atoms with Crippen LogP contribution in [0.1, 0.15) is 5.56 Å². The van der Waals surface area contributed by atoms with E-state index in [1.165, 1.54) is 25.4 Å². The molecule has 1 aromatic carbocycles.